The Labute approximate surface area is 170 Å². The molecule has 2 aliphatic rings. The molecule has 8 nitrogen and oxygen atoms in total. The van der Waals surface area contributed by atoms with Crippen LogP contribution in [0.25, 0.3) is 0 Å². The van der Waals surface area contributed by atoms with Crippen molar-refractivity contribution in [2.75, 3.05) is 26.2 Å². The first kappa shape index (κ1) is 20.8. The van der Waals surface area contributed by atoms with Gasteiger partial charge in [0.15, 0.2) is 0 Å². The van der Waals surface area contributed by atoms with Gasteiger partial charge in [0.25, 0.3) is 11.8 Å². The fraction of sp³-hybridized carbons (Fsp3) is 0.524. The standard InChI is InChI=1S/C21H27N3O5/c1-2-3-14-29-21(28)22-15-8-11-23(12-9-15)18(25)10-13-24-19(26)16-6-4-5-7-17(16)20(24)27/h4-7,15H,2-3,8-14H2,1H3,(H,22,28). The molecule has 4 amide bonds. The van der Waals surface area contributed by atoms with Crippen LogP contribution < -0.4 is 5.32 Å². The number of benzene rings is 1. The summed E-state index contributed by atoms with van der Waals surface area (Å²) in [4.78, 5) is 51.8. The van der Waals surface area contributed by atoms with Crippen LogP contribution in [0.1, 0.15) is 59.7 Å². The van der Waals surface area contributed by atoms with Gasteiger partial charge < -0.3 is 15.0 Å². The number of carbonyl (C=O) groups is 4. The number of hydrogen-bond donors (Lipinski definition) is 1. The number of hydrogen-bond acceptors (Lipinski definition) is 5. The van der Waals surface area contributed by atoms with Crippen molar-refractivity contribution in [1.29, 1.82) is 0 Å². The maximum absolute atomic E-state index is 12.5. The maximum Gasteiger partial charge on any atom is 0.407 e. The van der Waals surface area contributed by atoms with Crippen molar-refractivity contribution in [1.82, 2.24) is 15.1 Å². The molecule has 2 heterocycles. The van der Waals surface area contributed by atoms with Crippen LogP contribution in [0.15, 0.2) is 24.3 Å². The number of nitrogens with one attached hydrogen (secondary N) is 1. The molecule has 0 bridgehead atoms. The van der Waals surface area contributed by atoms with Crippen molar-refractivity contribution in [2.45, 2.75) is 45.1 Å². The van der Waals surface area contributed by atoms with Crippen molar-refractivity contribution >= 4 is 23.8 Å². The van der Waals surface area contributed by atoms with E-state index in [1.165, 1.54) is 0 Å². The topological polar surface area (TPSA) is 96.0 Å². The number of carbonyl (C=O) groups excluding carboxylic acids is 4. The number of ether oxygens (including phenoxy) is 1. The largest absolute Gasteiger partial charge is 0.450 e. The van der Waals surface area contributed by atoms with E-state index >= 15 is 0 Å². The van der Waals surface area contributed by atoms with Gasteiger partial charge in [0.05, 0.1) is 17.7 Å². The molecule has 1 saturated heterocycles. The molecule has 0 radical (unpaired) electrons. The molecule has 0 aliphatic carbocycles. The summed E-state index contributed by atoms with van der Waals surface area (Å²) in [5.74, 6) is -0.781. The first-order valence-electron chi connectivity index (χ1n) is 10.2. The van der Waals surface area contributed by atoms with Gasteiger partial charge in [-0.25, -0.2) is 4.79 Å². The van der Waals surface area contributed by atoms with E-state index in [0.29, 0.717) is 43.7 Å². The highest BCUT2D eigenvalue weighted by atomic mass is 16.5. The molecule has 1 aromatic carbocycles. The van der Waals surface area contributed by atoms with Gasteiger partial charge in [0, 0.05) is 32.1 Å². The van der Waals surface area contributed by atoms with Gasteiger partial charge in [-0.2, -0.15) is 0 Å². The summed E-state index contributed by atoms with van der Waals surface area (Å²) in [7, 11) is 0. The molecule has 0 atom stereocenters. The monoisotopic (exact) mass is 401 g/mol. The number of imide groups is 1. The molecule has 0 saturated carbocycles. The van der Waals surface area contributed by atoms with Crippen LogP contribution in [-0.4, -0.2) is 65.9 Å². The molecule has 29 heavy (non-hydrogen) atoms. The lowest BCUT2D eigenvalue weighted by atomic mass is 10.0. The Balaban J connectivity index is 1.41. The van der Waals surface area contributed by atoms with E-state index in [4.69, 9.17) is 4.74 Å². The molecular formula is C21H27N3O5. The highest BCUT2D eigenvalue weighted by molar-refractivity contribution is 6.21. The maximum atomic E-state index is 12.5. The number of unbranched alkanes of at least 4 members (excludes halogenated alkanes) is 1. The predicted molar refractivity (Wildman–Crippen MR) is 105 cm³/mol. The lowest BCUT2D eigenvalue weighted by molar-refractivity contribution is -0.132. The smallest absolute Gasteiger partial charge is 0.407 e. The third kappa shape index (κ3) is 4.93. The Morgan fingerprint density at radius 2 is 1.72 bits per heavy atom. The number of fused-ring (bicyclic) bond motifs is 1. The normalized spacial score (nSPS) is 16.7. The molecule has 8 heteroatoms. The molecule has 0 aromatic heterocycles. The Kier molecular flexibility index (Phi) is 6.85. The summed E-state index contributed by atoms with van der Waals surface area (Å²) in [5.41, 5.74) is 0.783. The summed E-state index contributed by atoms with van der Waals surface area (Å²) in [6.45, 7) is 3.58. The van der Waals surface area contributed by atoms with Crippen LogP contribution >= 0.6 is 0 Å². The number of piperidine rings is 1. The number of nitrogens with zero attached hydrogens (tertiary/aromatic N) is 2. The highest BCUT2D eigenvalue weighted by Gasteiger charge is 2.35. The second-order valence-electron chi connectivity index (χ2n) is 7.35. The second-order valence-corrected chi connectivity index (χ2v) is 7.35. The zero-order valence-electron chi connectivity index (χ0n) is 16.7. The molecule has 156 valence electrons. The molecular weight excluding hydrogens is 374 g/mol. The Morgan fingerprint density at radius 1 is 1.10 bits per heavy atom. The van der Waals surface area contributed by atoms with Crippen LogP contribution in [0, 0.1) is 0 Å². The minimum absolute atomic E-state index is 0.00980. The first-order chi connectivity index (χ1) is 14.0. The average Bonchev–Trinajstić information content (AvgIpc) is 2.97. The van der Waals surface area contributed by atoms with Gasteiger partial charge in [-0.3, -0.25) is 19.3 Å². The Bertz CT molecular complexity index is 751. The van der Waals surface area contributed by atoms with Crippen molar-refractivity contribution in [3.63, 3.8) is 0 Å². The van der Waals surface area contributed by atoms with Crippen molar-refractivity contribution in [3.8, 4) is 0 Å². The summed E-state index contributed by atoms with van der Waals surface area (Å²) in [5, 5.41) is 2.84. The minimum Gasteiger partial charge on any atom is -0.450 e. The number of rotatable bonds is 7. The molecule has 0 spiro atoms. The van der Waals surface area contributed by atoms with Gasteiger partial charge in [-0.05, 0) is 31.4 Å². The van der Waals surface area contributed by atoms with E-state index in [1.54, 1.807) is 29.2 Å². The summed E-state index contributed by atoms with van der Waals surface area (Å²) >= 11 is 0. The number of alkyl carbamates (subject to hydrolysis) is 1. The third-order valence-electron chi connectivity index (χ3n) is 5.33. The second kappa shape index (κ2) is 9.54. The third-order valence-corrected chi connectivity index (χ3v) is 5.33. The Hall–Kier alpha value is -2.90. The lowest BCUT2D eigenvalue weighted by Gasteiger charge is -2.32. The fourth-order valence-corrected chi connectivity index (χ4v) is 3.60. The van der Waals surface area contributed by atoms with E-state index in [1.807, 2.05) is 6.92 Å². The van der Waals surface area contributed by atoms with Crippen LogP contribution in [0.3, 0.4) is 0 Å². The predicted octanol–water partition coefficient (Wildman–Crippen LogP) is 2.19. The molecule has 1 aromatic rings. The molecule has 1 fully saturated rings. The van der Waals surface area contributed by atoms with E-state index in [2.05, 4.69) is 5.32 Å². The first-order valence-corrected chi connectivity index (χ1v) is 10.2. The summed E-state index contributed by atoms with van der Waals surface area (Å²) in [6.07, 6.45) is 2.81. The molecule has 1 N–H and O–H groups in total. The quantitative estimate of drug-likeness (QED) is 0.558. The van der Waals surface area contributed by atoms with Crippen LogP contribution in [0.2, 0.25) is 0 Å². The summed E-state index contributed by atoms with van der Waals surface area (Å²) in [6, 6.07) is 6.68. The highest BCUT2D eigenvalue weighted by Crippen LogP contribution is 2.22. The van der Waals surface area contributed by atoms with Crippen molar-refractivity contribution in [2.24, 2.45) is 0 Å². The minimum atomic E-state index is -0.408. The zero-order chi connectivity index (χ0) is 20.8. The van der Waals surface area contributed by atoms with Crippen molar-refractivity contribution < 1.29 is 23.9 Å². The van der Waals surface area contributed by atoms with Crippen LogP contribution in [0.4, 0.5) is 4.79 Å². The van der Waals surface area contributed by atoms with E-state index in [0.717, 1.165) is 17.7 Å². The van der Waals surface area contributed by atoms with Crippen molar-refractivity contribution in [3.05, 3.63) is 35.4 Å². The van der Waals surface area contributed by atoms with Gasteiger partial charge in [0.1, 0.15) is 0 Å². The van der Waals surface area contributed by atoms with Gasteiger partial charge in [-0.15, -0.1) is 0 Å². The average molecular weight is 401 g/mol. The van der Waals surface area contributed by atoms with E-state index < -0.39 is 6.09 Å². The van der Waals surface area contributed by atoms with Gasteiger partial charge in [-0.1, -0.05) is 25.5 Å². The van der Waals surface area contributed by atoms with E-state index in [9.17, 15) is 19.2 Å². The zero-order valence-corrected chi connectivity index (χ0v) is 16.7. The Morgan fingerprint density at radius 3 is 2.31 bits per heavy atom. The van der Waals surface area contributed by atoms with Gasteiger partial charge >= 0.3 is 6.09 Å². The van der Waals surface area contributed by atoms with Crippen LogP contribution in [0.5, 0.6) is 0 Å². The van der Waals surface area contributed by atoms with Gasteiger partial charge in [0.2, 0.25) is 5.91 Å². The van der Waals surface area contributed by atoms with E-state index in [-0.39, 0.29) is 36.7 Å². The lowest BCUT2D eigenvalue weighted by Crippen LogP contribution is -2.47. The number of amides is 4. The molecule has 3 rings (SSSR count). The SMILES string of the molecule is CCCCOC(=O)NC1CCN(C(=O)CCN2C(=O)c3ccccc3C2=O)CC1. The summed E-state index contributed by atoms with van der Waals surface area (Å²) < 4.78 is 5.10. The van der Waals surface area contributed by atoms with Crippen LogP contribution in [-0.2, 0) is 9.53 Å². The fourth-order valence-electron chi connectivity index (χ4n) is 3.60. The number of likely N-dealkylation sites (tertiary alicyclic amines) is 1. The molecule has 2 aliphatic heterocycles. The molecule has 0 unspecified atom stereocenters.